The Morgan fingerprint density at radius 2 is 1.91 bits per heavy atom. The van der Waals surface area contributed by atoms with Crippen LogP contribution in [0.4, 0.5) is 4.39 Å². The van der Waals surface area contributed by atoms with Gasteiger partial charge in [0, 0.05) is 11.4 Å². The Kier molecular flexibility index (Phi) is 5.66. The molecule has 2 rings (SSSR count). The Morgan fingerprint density at radius 1 is 1.18 bits per heavy atom. The fourth-order valence-corrected chi connectivity index (χ4v) is 2.56. The van der Waals surface area contributed by atoms with Gasteiger partial charge in [-0.3, -0.25) is 4.79 Å². The molecule has 0 aliphatic rings. The first-order valence-corrected chi connectivity index (χ1v) is 7.61. The number of nitrogens with one attached hydrogen (secondary N) is 1. The minimum Gasteiger partial charge on any atom is -0.451 e. The lowest BCUT2D eigenvalue weighted by molar-refractivity contribution is -0.124. The molecule has 2 aromatic rings. The van der Waals surface area contributed by atoms with Crippen molar-refractivity contribution >= 4 is 23.2 Å². The van der Waals surface area contributed by atoms with Gasteiger partial charge in [0.05, 0.1) is 0 Å². The lowest BCUT2D eigenvalue weighted by atomic mass is 10.1. The molecule has 1 aromatic heterocycles. The van der Waals surface area contributed by atoms with Crippen LogP contribution in [0.15, 0.2) is 36.4 Å². The van der Waals surface area contributed by atoms with E-state index in [1.165, 1.54) is 23.5 Å². The zero-order valence-corrected chi connectivity index (χ0v) is 12.9. The Bertz CT molecular complexity index is 652. The van der Waals surface area contributed by atoms with Crippen LogP contribution >= 0.6 is 11.3 Å². The van der Waals surface area contributed by atoms with E-state index in [1.807, 2.05) is 13.0 Å². The van der Waals surface area contributed by atoms with Gasteiger partial charge in [-0.1, -0.05) is 12.1 Å². The van der Waals surface area contributed by atoms with Crippen molar-refractivity contribution in [3.63, 3.8) is 0 Å². The number of carbonyl (C=O) groups excluding carboxylic acids is 2. The van der Waals surface area contributed by atoms with Gasteiger partial charge in [-0.2, -0.15) is 0 Å². The summed E-state index contributed by atoms with van der Waals surface area (Å²) >= 11 is 1.33. The van der Waals surface area contributed by atoms with Crippen LogP contribution in [0, 0.1) is 12.7 Å². The van der Waals surface area contributed by atoms with Crippen molar-refractivity contribution in [3.05, 3.63) is 57.5 Å². The Morgan fingerprint density at radius 3 is 2.55 bits per heavy atom. The number of esters is 1. The second-order valence-electron chi connectivity index (χ2n) is 4.71. The molecule has 0 saturated carbocycles. The fourth-order valence-electron chi connectivity index (χ4n) is 1.79. The highest BCUT2D eigenvalue weighted by atomic mass is 32.1. The number of halogens is 1. The van der Waals surface area contributed by atoms with Gasteiger partial charge < -0.3 is 10.1 Å². The minimum atomic E-state index is -0.494. The first-order chi connectivity index (χ1) is 10.5. The number of ether oxygens (including phenoxy) is 1. The minimum absolute atomic E-state index is 0.288. The standard InChI is InChI=1S/C16H16FNO3S/c1-11-2-7-14(22-11)16(20)21-10-15(19)18-9-8-12-3-5-13(17)6-4-12/h2-7H,8-10H2,1H3,(H,18,19). The van der Waals surface area contributed by atoms with Crippen molar-refractivity contribution in [1.29, 1.82) is 0 Å². The summed E-state index contributed by atoms with van der Waals surface area (Å²) in [4.78, 5) is 24.7. The number of rotatable bonds is 6. The highest BCUT2D eigenvalue weighted by molar-refractivity contribution is 7.13. The van der Waals surface area contributed by atoms with E-state index in [2.05, 4.69) is 5.32 Å². The van der Waals surface area contributed by atoms with Crippen LogP contribution in [0.2, 0.25) is 0 Å². The molecule has 0 saturated heterocycles. The molecule has 0 atom stereocenters. The quantitative estimate of drug-likeness (QED) is 0.832. The van der Waals surface area contributed by atoms with Gasteiger partial charge in [-0.05, 0) is 43.2 Å². The molecule has 116 valence electrons. The molecule has 6 heteroatoms. The predicted octanol–water partition coefficient (Wildman–Crippen LogP) is 2.71. The monoisotopic (exact) mass is 321 g/mol. The first kappa shape index (κ1) is 16.2. The van der Waals surface area contributed by atoms with E-state index in [0.29, 0.717) is 17.8 Å². The van der Waals surface area contributed by atoms with Crippen molar-refractivity contribution in [2.45, 2.75) is 13.3 Å². The van der Waals surface area contributed by atoms with Crippen LogP contribution in [0.3, 0.4) is 0 Å². The third-order valence-electron chi connectivity index (χ3n) is 2.93. The van der Waals surface area contributed by atoms with Crippen molar-refractivity contribution < 1.29 is 18.7 Å². The van der Waals surface area contributed by atoms with Gasteiger partial charge in [-0.15, -0.1) is 11.3 Å². The average molecular weight is 321 g/mol. The highest BCUT2D eigenvalue weighted by Crippen LogP contribution is 2.15. The lowest BCUT2D eigenvalue weighted by Gasteiger charge is -2.06. The predicted molar refractivity (Wildman–Crippen MR) is 82.5 cm³/mol. The Hall–Kier alpha value is -2.21. The number of hydrogen-bond donors (Lipinski definition) is 1. The SMILES string of the molecule is Cc1ccc(C(=O)OCC(=O)NCCc2ccc(F)cc2)s1. The third-order valence-corrected chi connectivity index (χ3v) is 3.91. The number of hydrogen-bond acceptors (Lipinski definition) is 4. The van der Waals surface area contributed by atoms with E-state index in [4.69, 9.17) is 4.74 Å². The summed E-state index contributed by atoms with van der Waals surface area (Å²) in [6, 6.07) is 9.59. The van der Waals surface area contributed by atoms with Crippen LogP contribution in [0.25, 0.3) is 0 Å². The molecule has 1 amide bonds. The molecule has 0 spiro atoms. The number of aryl methyl sites for hydroxylation is 1. The van der Waals surface area contributed by atoms with Gasteiger partial charge in [0.2, 0.25) is 0 Å². The first-order valence-electron chi connectivity index (χ1n) is 6.79. The molecule has 4 nitrogen and oxygen atoms in total. The maximum absolute atomic E-state index is 12.7. The van der Waals surface area contributed by atoms with Gasteiger partial charge in [0.1, 0.15) is 10.7 Å². The molecule has 0 radical (unpaired) electrons. The van der Waals surface area contributed by atoms with E-state index in [9.17, 15) is 14.0 Å². The molecule has 1 N–H and O–H groups in total. The van der Waals surface area contributed by atoms with Crippen LogP contribution < -0.4 is 5.32 Å². The second kappa shape index (κ2) is 7.70. The maximum atomic E-state index is 12.7. The maximum Gasteiger partial charge on any atom is 0.348 e. The molecule has 1 aromatic carbocycles. The number of benzene rings is 1. The zero-order valence-electron chi connectivity index (χ0n) is 12.1. The summed E-state index contributed by atoms with van der Waals surface area (Å²) in [5.74, 6) is -1.14. The molecule has 0 bridgehead atoms. The normalized spacial score (nSPS) is 10.3. The van der Waals surface area contributed by atoms with E-state index < -0.39 is 5.97 Å². The van der Waals surface area contributed by atoms with Gasteiger partial charge >= 0.3 is 5.97 Å². The largest absolute Gasteiger partial charge is 0.451 e. The van der Waals surface area contributed by atoms with Crippen LogP contribution in [0.1, 0.15) is 20.1 Å². The van der Waals surface area contributed by atoms with E-state index in [-0.39, 0.29) is 18.3 Å². The second-order valence-corrected chi connectivity index (χ2v) is 6.00. The van der Waals surface area contributed by atoms with Crippen molar-refractivity contribution in [2.24, 2.45) is 0 Å². The third kappa shape index (κ3) is 4.96. The smallest absolute Gasteiger partial charge is 0.348 e. The van der Waals surface area contributed by atoms with Crippen LogP contribution in [0.5, 0.6) is 0 Å². The summed E-state index contributed by atoms with van der Waals surface area (Å²) in [5, 5.41) is 2.65. The summed E-state index contributed by atoms with van der Waals surface area (Å²) in [5.41, 5.74) is 0.924. The fraction of sp³-hybridized carbons (Fsp3) is 0.250. The Labute approximate surface area is 131 Å². The summed E-state index contributed by atoms with van der Waals surface area (Å²) in [6.45, 7) is 1.99. The van der Waals surface area contributed by atoms with Gasteiger partial charge in [-0.25, -0.2) is 9.18 Å². The molecule has 22 heavy (non-hydrogen) atoms. The number of carbonyl (C=O) groups is 2. The molecular weight excluding hydrogens is 305 g/mol. The lowest BCUT2D eigenvalue weighted by Crippen LogP contribution is -2.30. The van der Waals surface area contributed by atoms with Crippen molar-refractivity contribution in [2.75, 3.05) is 13.2 Å². The molecular formula is C16H16FNO3S. The van der Waals surface area contributed by atoms with Gasteiger partial charge in [0.25, 0.3) is 5.91 Å². The van der Waals surface area contributed by atoms with Crippen LogP contribution in [-0.4, -0.2) is 25.0 Å². The average Bonchev–Trinajstić information content (AvgIpc) is 2.93. The molecule has 0 fully saturated rings. The van der Waals surface area contributed by atoms with Crippen LogP contribution in [-0.2, 0) is 16.0 Å². The summed E-state index contributed by atoms with van der Waals surface area (Å²) in [6.07, 6.45) is 0.587. The number of amides is 1. The Balaban J connectivity index is 1.67. The summed E-state index contributed by atoms with van der Waals surface area (Å²) in [7, 11) is 0. The van der Waals surface area contributed by atoms with Gasteiger partial charge in [0.15, 0.2) is 6.61 Å². The molecule has 0 aliphatic heterocycles. The van der Waals surface area contributed by atoms with Crippen molar-refractivity contribution in [3.8, 4) is 0 Å². The van der Waals surface area contributed by atoms with Crippen molar-refractivity contribution in [1.82, 2.24) is 5.32 Å². The topological polar surface area (TPSA) is 55.4 Å². The van der Waals surface area contributed by atoms with E-state index in [0.717, 1.165) is 10.4 Å². The highest BCUT2D eigenvalue weighted by Gasteiger charge is 2.11. The van der Waals surface area contributed by atoms with E-state index in [1.54, 1.807) is 18.2 Å². The summed E-state index contributed by atoms with van der Waals surface area (Å²) < 4.78 is 17.7. The molecule has 0 unspecified atom stereocenters. The number of thiophene rings is 1. The van der Waals surface area contributed by atoms with E-state index >= 15 is 0 Å². The zero-order chi connectivity index (χ0) is 15.9. The molecule has 0 aliphatic carbocycles. The molecule has 1 heterocycles.